The van der Waals surface area contributed by atoms with Gasteiger partial charge in [0.1, 0.15) is 5.82 Å². The van der Waals surface area contributed by atoms with Crippen LogP contribution in [0.1, 0.15) is 43.2 Å². The van der Waals surface area contributed by atoms with Gasteiger partial charge in [0, 0.05) is 5.41 Å². The fourth-order valence-corrected chi connectivity index (χ4v) is 3.43. The third kappa shape index (κ3) is 2.30. The lowest BCUT2D eigenvalue weighted by atomic mass is 9.65. The quantitative estimate of drug-likeness (QED) is 0.701. The molecule has 0 atom stereocenters. The Morgan fingerprint density at radius 3 is 1.89 bits per heavy atom. The number of halogens is 1. The van der Waals surface area contributed by atoms with Crippen molar-refractivity contribution in [3.8, 4) is 0 Å². The zero-order chi connectivity index (χ0) is 13.1. The molecular weight excluding hydrogens is 235 g/mol. The van der Waals surface area contributed by atoms with Crippen molar-refractivity contribution in [2.45, 2.75) is 37.5 Å². The van der Waals surface area contributed by atoms with Crippen molar-refractivity contribution >= 4 is 0 Å². The molecule has 2 aromatic carbocycles. The van der Waals surface area contributed by atoms with Gasteiger partial charge in [0.25, 0.3) is 0 Å². The molecule has 0 aliphatic heterocycles. The zero-order valence-corrected chi connectivity index (χ0v) is 11.1. The summed E-state index contributed by atoms with van der Waals surface area (Å²) in [5, 5.41) is 0. The summed E-state index contributed by atoms with van der Waals surface area (Å²) in [7, 11) is 0. The molecule has 19 heavy (non-hydrogen) atoms. The molecular formula is C18H19F. The Bertz CT molecular complexity index is 521. The van der Waals surface area contributed by atoms with Crippen molar-refractivity contribution in [1.82, 2.24) is 0 Å². The average Bonchev–Trinajstić information content (AvgIpc) is 2.49. The van der Waals surface area contributed by atoms with E-state index in [9.17, 15) is 4.39 Å². The highest BCUT2D eigenvalue weighted by Crippen LogP contribution is 2.44. The van der Waals surface area contributed by atoms with Crippen LogP contribution in [0.25, 0.3) is 0 Å². The second kappa shape index (κ2) is 5.16. The van der Waals surface area contributed by atoms with Crippen molar-refractivity contribution in [2.75, 3.05) is 0 Å². The van der Waals surface area contributed by atoms with Gasteiger partial charge >= 0.3 is 0 Å². The van der Waals surface area contributed by atoms with Crippen LogP contribution in [0.4, 0.5) is 4.39 Å². The normalized spacial score (nSPS) is 18.2. The molecule has 0 spiro atoms. The summed E-state index contributed by atoms with van der Waals surface area (Å²) in [6, 6.07) is 17.8. The first-order valence-electron chi connectivity index (χ1n) is 7.13. The Morgan fingerprint density at radius 2 is 1.26 bits per heavy atom. The van der Waals surface area contributed by atoms with E-state index in [0.29, 0.717) is 0 Å². The number of hydrogen-bond acceptors (Lipinski definition) is 0. The highest BCUT2D eigenvalue weighted by molar-refractivity contribution is 5.39. The molecule has 2 aromatic rings. The molecule has 0 saturated heterocycles. The summed E-state index contributed by atoms with van der Waals surface area (Å²) in [6.45, 7) is 0. The molecule has 1 fully saturated rings. The van der Waals surface area contributed by atoms with E-state index in [1.54, 1.807) is 12.1 Å². The maximum atomic E-state index is 13.2. The first-order valence-corrected chi connectivity index (χ1v) is 7.13. The fraction of sp³-hybridized carbons (Fsp3) is 0.333. The van der Waals surface area contributed by atoms with Crippen molar-refractivity contribution < 1.29 is 4.39 Å². The second-order valence-corrected chi connectivity index (χ2v) is 5.52. The lowest BCUT2D eigenvalue weighted by molar-refractivity contribution is 0.345. The molecule has 1 aliphatic rings. The van der Waals surface area contributed by atoms with Crippen LogP contribution in [0.3, 0.4) is 0 Å². The van der Waals surface area contributed by atoms with Gasteiger partial charge < -0.3 is 0 Å². The molecule has 1 saturated carbocycles. The molecule has 0 radical (unpaired) electrons. The minimum atomic E-state index is -0.150. The lowest BCUT2D eigenvalue weighted by Crippen LogP contribution is -2.30. The van der Waals surface area contributed by atoms with Crippen LogP contribution in [0, 0.1) is 5.82 Å². The van der Waals surface area contributed by atoms with E-state index < -0.39 is 0 Å². The van der Waals surface area contributed by atoms with Gasteiger partial charge in [-0.15, -0.1) is 0 Å². The summed E-state index contributed by atoms with van der Waals surface area (Å²) >= 11 is 0. The Hall–Kier alpha value is -1.63. The van der Waals surface area contributed by atoms with Crippen LogP contribution in [0.2, 0.25) is 0 Å². The molecule has 0 heterocycles. The predicted octanol–water partition coefficient (Wildman–Crippen LogP) is 5.08. The summed E-state index contributed by atoms with van der Waals surface area (Å²) in [4.78, 5) is 0. The Kier molecular flexibility index (Phi) is 3.37. The van der Waals surface area contributed by atoms with Gasteiger partial charge in [-0.2, -0.15) is 0 Å². The maximum absolute atomic E-state index is 13.2. The summed E-state index contributed by atoms with van der Waals surface area (Å²) in [5.74, 6) is -0.150. The molecule has 98 valence electrons. The van der Waals surface area contributed by atoms with Crippen LogP contribution >= 0.6 is 0 Å². The van der Waals surface area contributed by atoms with E-state index in [1.165, 1.54) is 43.2 Å². The van der Waals surface area contributed by atoms with E-state index in [4.69, 9.17) is 0 Å². The smallest absolute Gasteiger partial charge is 0.123 e. The summed E-state index contributed by atoms with van der Waals surface area (Å²) in [5.41, 5.74) is 2.73. The molecule has 1 heteroatoms. The SMILES string of the molecule is Fc1ccc(C2(c3ccccc3)CCCCC2)cc1. The Morgan fingerprint density at radius 1 is 0.684 bits per heavy atom. The van der Waals surface area contributed by atoms with Gasteiger partial charge in [-0.25, -0.2) is 4.39 Å². The largest absolute Gasteiger partial charge is 0.207 e. The van der Waals surface area contributed by atoms with Gasteiger partial charge in [0.15, 0.2) is 0 Å². The van der Waals surface area contributed by atoms with Crippen molar-refractivity contribution in [2.24, 2.45) is 0 Å². The molecule has 0 N–H and O–H groups in total. The highest BCUT2D eigenvalue weighted by atomic mass is 19.1. The maximum Gasteiger partial charge on any atom is 0.123 e. The molecule has 0 unspecified atom stereocenters. The van der Waals surface area contributed by atoms with E-state index in [2.05, 4.69) is 30.3 Å². The second-order valence-electron chi connectivity index (χ2n) is 5.52. The van der Waals surface area contributed by atoms with Crippen LogP contribution in [0.5, 0.6) is 0 Å². The minimum absolute atomic E-state index is 0.0905. The lowest BCUT2D eigenvalue weighted by Gasteiger charge is -2.38. The zero-order valence-electron chi connectivity index (χ0n) is 11.1. The van der Waals surface area contributed by atoms with Gasteiger partial charge in [0.2, 0.25) is 0 Å². The van der Waals surface area contributed by atoms with Gasteiger partial charge in [-0.05, 0) is 36.1 Å². The van der Waals surface area contributed by atoms with E-state index in [1.807, 2.05) is 12.1 Å². The Labute approximate surface area is 114 Å². The first-order chi connectivity index (χ1) is 9.31. The topological polar surface area (TPSA) is 0 Å². The highest BCUT2D eigenvalue weighted by Gasteiger charge is 2.35. The minimum Gasteiger partial charge on any atom is -0.207 e. The fourth-order valence-electron chi connectivity index (χ4n) is 3.43. The number of rotatable bonds is 2. The van der Waals surface area contributed by atoms with E-state index in [-0.39, 0.29) is 11.2 Å². The number of benzene rings is 2. The standard InChI is InChI=1S/C18H19F/c19-17-11-9-16(10-12-17)18(13-5-2-6-14-18)15-7-3-1-4-8-15/h1,3-4,7-12H,2,5-6,13-14H2. The van der Waals surface area contributed by atoms with Crippen LogP contribution in [0.15, 0.2) is 54.6 Å². The molecule has 0 amide bonds. The third-order valence-corrected chi connectivity index (χ3v) is 4.43. The molecule has 1 aliphatic carbocycles. The molecule has 0 nitrogen and oxygen atoms in total. The van der Waals surface area contributed by atoms with Crippen LogP contribution < -0.4 is 0 Å². The average molecular weight is 254 g/mol. The molecule has 0 bridgehead atoms. The Balaban J connectivity index is 2.09. The molecule has 0 aromatic heterocycles. The van der Waals surface area contributed by atoms with Crippen molar-refractivity contribution in [3.63, 3.8) is 0 Å². The van der Waals surface area contributed by atoms with Gasteiger partial charge in [0.05, 0.1) is 0 Å². The van der Waals surface area contributed by atoms with Crippen LogP contribution in [-0.4, -0.2) is 0 Å². The van der Waals surface area contributed by atoms with Gasteiger partial charge in [-0.3, -0.25) is 0 Å². The first kappa shape index (κ1) is 12.4. The van der Waals surface area contributed by atoms with Crippen LogP contribution in [-0.2, 0) is 5.41 Å². The van der Waals surface area contributed by atoms with E-state index >= 15 is 0 Å². The summed E-state index contributed by atoms with van der Waals surface area (Å²) < 4.78 is 13.2. The molecule has 3 rings (SSSR count). The predicted molar refractivity (Wildman–Crippen MR) is 76.7 cm³/mol. The monoisotopic (exact) mass is 254 g/mol. The summed E-state index contributed by atoms with van der Waals surface area (Å²) in [6.07, 6.45) is 6.17. The van der Waals surface area contributed by atoms with Gasteiger partial charge in [-0.1, -0.05) is 61.7 Å². The van der Waals surface area contributed by atoms with Crippen molar-refractivity contribution in [1.29, 1.82) is 0 Å². The third-order valence-electron chi connectivity index (χ3n) is 4.43. The number of hydrogen-bond donors (Lipinski definition) is 0. The van der Waals surface area contributed by atoms with E-state index in [0.717, 1.165) is 0 Å². The van der Waals surface area contributed by atoms with Crippen molar-refractivity contribution in [3.05, 3.63) is 71.5 Å².